The van der Waals surface area contributed by atoms with Gasteiger partial charge in [0.2, 0.25) is 5.91 Å². The van der Waals surface area contributed by atoms with Gasteiger partial charge < -0.3 is 15.1 Å². The number of hydrogen-bond donors (Lipinski definition) is 1. The molecule has 1 aromatic carbocycles. The molecule has 1 atom stereocenters. The molecule has 1 N–H and O–H groups in total. The number of thiophene rings is 1. The lowest BCUT2D eigenvalue weighted by atomic mass is 10.0. The first kappa shape index (κ1) is 17.0. The summed E-state index contributed by atoms with van der Waals surface area (Å²) in [4.78, 5) is 41.6. The Morgan fingerprint density at radius 2 is 2.12 bits per heavy atom. The second kappa shape index (κ2) is 6.39. The quantitative estimate of drug-likeness (QED) is 0.876. The van der Waals surface area contributed by atoms with Crippen LogP contribution in [0.25, 0.3) is 10.1 Å². The SMILES string of the molecule is CCN1CCN(C(=O)c2ccc3sc4c(c3c2)CCNC4=O)[C@@H](C)C1=O. The van der Waals surface area contributed by atoms with Crippen molar-refractivity contribution in [3.63, 3.8) is 0 Å². The topological polar surface area (TPSA) is 69.7 Å². The summed E-state index contributed by atoms with van der Waals surface area (Å²) in [6.45, 7) is 6.15. The molecule has 7 heteroatoms. The van der Waals surface area contributed by atoms with Gasteiger partial charge in [0, 0.05) is 36.4 Å². The molecule has 6 nitrogen and oxygen atoms in total. The molecule has 1 saturated heterocycles. The van der Waals surface area contributed by atoms with Crippen molar-refractivity contribution in [2.45, 2.75) is 26.3 Å². The Labute approximate surface area is 155 Å². The first-order chi connectivity index (χ1) is 12.5. The minimum Gasteiger partial charge on any atom is -0.351 e. The van der Waals surface area contributed by atoms with Crippen molar-refractivity contribution in [3.8, 4) is 0 Å². The normalized spacial score (nSPS) is 20.3. The van der Waals surface area contributed by atoms with Gasteiger partial charge in [-0.25, -0.2) is 0 Å². The standard InChI is InChI=1S/C19H21N3O3S/c1-3-21-8-9-22(11(2)18(21)24)19(25)12-4-5-15-14(10-12)13-6-7-20-17(23)16(13)26-15/h4-5,10-11H,3,6-9H2,1-2H3,(H,20,23)/t11-/m0/s1. The maximum absolute atomic E-state index is 13.0. The molecular formula is C19H21N3O3S. The second-order valence-corrected chi connectivity index (χ2v) is 7.77. The number of nitrogens with one attached hydrogen (secondary N) is 1. The lowest BCUT2D eigenvalue weighted by Gasteiger charge is -2.38. The molecule has 2 aromatic rings. The maximum Gasteiger partial charge on any atom is 0.261 e. The van der Waals surface area contributed by atoms with Crippen LogP contribution in [0.4, 0.5) is 0 Å². The molecule has 1 fully saturated rings. The van der Waals surface area contributed by atoms with E-state index in [4.69, 9.17) is 0 Å². The molecule has 0 spiro atoms. The van der Waals surface area contributed by atoms with Gasteiger partial charge in [-0.2, -0.15) is 0 Å². The van der Waals surface area contributed by atoms with Gasteiger partial charge in [-0.05, 0) is 49.4 Å². The summed E-state index contributed by atoms with van der Waals surface area (Å²) >= 11 is 1.47. The summed E-state index contributed by atoms with van der Waals surface area (Å²) in [5.41, 5.74) is 1.61. The molecule has 26 heavy (non-hydrogen) atoms. The Morgan fingerprint density at radius 3 is 2.88 bits per heavy atom. The highest BCUT2D eigenvalue weighted by atomic mass is 32.1. The van der Waals surface area contributed by atoms with E-state index in [-0.39, 0.29) is 17.7 Å². The summed E-state index contributed by atoms with van der Waals surface area (Å²) < 4.78 is 1.02. The molecular weight excluding hydrogens is 350 g/mol. The summed E-state index contributed by atoms with van der Waals surface area (Å²) in [6, 6.07) is 5.14. The van der Waals surface area contributed by atoms with E-state index in [1.54, 1.807) is 22.8 Å². The largest absolute Gasteiger partial charge is 0.351 e. The third-order valence-electron chi connectivity index (χ3n) is 5.29. The van der Waals surface area contributed by atoms with Crippen LogP contribution in [0.5, 0.6) is 0 Å². The van der Waals surface area contributed by atoms with Gasteiger partial charge >= 0.3 is 0 Å². The summed E-state index contributed by atoms with van der Waals surface area (Å²) in [7, 11) is 0. The molecule has 2 aliphatic heterocycles. The Bertz CT molecular complexity index is 920. The van der Waals surface area contributed by atoms with Crippen LogP contribution < -0.4 is 5.32 Å². The first-order valence-electron chi connectivity index (χ1n) is 8.94. The van der Waals surface area contributed by atoms with Gasteiger partial charge in [0.05, 0.1) is 4.88 Å². The number of piperazine rings is 1. The van der Waals surface area contributed by atoms with Gasteiger partial charge in [-0.1, -0.05) is 0 Å². The van der Waals surface area contributed by atoms with Crippen molar-refractivity contribution >= 4 is 39.1 Å². The highest BCUT2D eigenvalue weighted by Gasteiger charge is 2.34. The predicted octanol–water partition coefficient (Wildman–Crippen LogP) is 1.88. The number of hydrogen-bond acceptors (Lipinski definition) is 4. The molecule has 4 rings (SSSR count). The van der Waals surface area contributed by atoms with E-state index in [9.17, 15) is 14.4 Å². The van der Waals surface area contributed by atoms with Crippen LogP contribution in [0.3, 0.4) is 0 Å². The smallest absolute Gasteiger partial charge is 0.261 e. The van der Waals surface area contributed by atoms with Crippen LogP contribution in [-0.4, -0.2) is 59.7 Å². The number of fused-ring (bicyclic) bond motifs is 3. The van der Waals surface area contributed by atoms with E-state index in [0.717, 1.165) is 26.9 Å². The Morgan fingerprint density at radius 1 is 1.31 bits per heavy atom. The average molecular weight is 371 g/mol. The third kappa shape index (κ3) is 2.58. The molecule has 1 aromatic heterocycles. The predicted molar refractivity (Wildman–Crippen MR) is 101 cm³/mol. The Hall–Kier alpha value is -2.41. The summed E-state index contributed by atoms with van der Waals surface area (Å²) in [6.07, 6.45) is 0.781. The van der Waals surface area contributed by atoms with Crippen molar-refractivity contribution in [2.24, 2.45) is 0 Å². The Kier molecular flexibility index (Phi) is 4.19. The Balaban J connectivity index is 1.67. The number of nitrogens with zero attached hydrogens (tertiary/aromatic N) is 2. The van der Waals surface area contributed by atoms with Crippen LogP contribution in [-0.2, 0) is 11.2 Å². The lowest BCUT2D eigenvalue weighted by molar-refractivity contribution is -0.139. The average Bonchev–Trinajstić information content (AvgIpc) is 3.03. The van der Waals surface area contributed by atoms with Crippen molar-refractivity contribution < 1.29 is 14.4 Å². The van der Waals surface area contributed by atoms with Crippen LogP contribution in [0, 0.1) is 0 Å². The van der Waals surface area contributed by atoms with E-state index < -0.39 is 6.04 Å². The lowest BCUT2D eigenvalue weighted by Crippen LogP contribution is -2.57. The summed E-state index contributed by atoms with van der Waals surface area (Å²) in [5.74, 6) is -0.156. The highest BCUT2D eigenvalue weighted by Crippen LogP contribution is 2.34. The van der Waals surface area contributed by atoms with E-state index in [0.29, 0.717) is 31.7 Å². The number of likely N-dealkylation sites (N-methyl/N-ethyl adjacent to an activating group) is 1. The van der Waals surface area contributed by atoms with Crippen LogP contribution in [0.1, 0.15) is 39.4 Å². The monoisotopic (exact) mass is 371 g/mol. The molecule has 3 heterocycles. The van der Waals surface area contributed by atoms with Crippen molar-refractivity contribution in [2.75, 3.05) is 26.2 Å². The molecule has 136 valence electrons. The van der Waals surface area contributed by atoms with Gasteiger partial charge in [0.25, 0.3) is 11.8 Å². The van der Waals surface area contributed by atoms with Crippen LogP contribution >= 0.6 is 11.3 Å². The first-order valence-corrected chi connectivity index (χ1v) is 9.76. The fraction of sp³-hybridized carbons (Fsp3) is 0.421. The number of amides is 3. The zero-order valence-corrected chi connectivity index (χ0v) is 15.7. The van der Waals surface area contributed by atoms with Crippen molar-refractivity contribution in [3.05, 3.63) is 34.2 Å². The molecule has 3 amide bonds. The van der Waals surface area contributed by atoms with Gasteiger partial charge in [0.15, 0.2) is 0 Å². The second-order valence-electron chi connectivity index (χ2n) is 6.72. The third-order valence-corrected chi connectivity index (χ3v) is 6.51. The minimum absolute atomic E-state index is 0.00207. The van der Waals surface area contributed by atoms with Gasteiger partial charge in [0.1, 0.15) is 6.04 Å². The van der Waals surface area contributed by atoms with Crippen LogP contribution in [0.2, 0.25) is 0 Å². The minimum atomic E-state index is -0.450. The van der Waals surface area contributed by atoms with E-state index >= 15 is 0 Å². The molecule has 0 aliphatic carbocycles. The zero-order chi connectivity index (χ0) is 18.4. The molecule has 0 bridgehead atoms. The number of carbonyl (C=O) groups excluding carboxylic acids is 3. The maximum atomic E-state index is 13.0. The molecule has 2 aliphatic rings. The van der Waals surface area contributed by atoms with Gasteiger partial charge in [-0.3, -0.25) is 14.4 Å². The number of rotatable bonds is 2. The van der Waals surface area contributed by atoms with Crippen molar-refractivity contribution in [1.29, 1.82) is 0 Å². The van der Waals surface area contributed by atoms with Crippen molar-refractivity contribution in [1.82, 2.24) is 15.1 Å². The highest BCUT2D eigenvalue weighted by molar-refractivity contribution is 7.21. The number of benzene rings is 1. The van der Waals surface area contributed by atoms with Gasteiger partial charge in [-0.15, -0.1) is 11.3 Å². The molecule has 0 saturated carbocycles. The summed E-state index contributed by atoms with van der Waals surface area (Å²) in [5, 5.41) is 3.85. The molecule has 0 radical (unpaired) electrons. The van der Waals surface area contributed by atoms with E-state index in [2.05, 4.69) is 5.32 Å². The van der Waals surface area contributed by atoms with Crippen LogP contribution in [0.15, 0.2) is 18.2 Å². The van der Waals surface area contributed by atoms with E-state index in [1.807, 2.05) is 19.1 Å². The van der Waals surface area contributed by atoms with E-state index in [1.165, 1.54) is 11.3 Å². The number of carbonyl (C=O) groups is 3. The fourth-order valence-corrected chi connectivity index (χ4v) is 4.93. The fourth-order valence-electron chi connectivity index (χ4n) is 3.78. The zero-order valence-electron chi connectivity index (χ0n) is 14.9. The molecule has 0 unspecified atom stereocenters.